The van der Waals surface area contributed by atoms with Crippen LogP contribution >= 0.6 is 0 Å². The van der Waals surface area contributed by atoms with E-state index in [1.54, 1.807) is 0 Å². The number of aromatic nitrogens is 4. The van der Waals surface area contributed by atoms with Gasteiger partial charge in [0.15, 0.2) is 5.82 Å². The van der Waals surface area contributed by atoms with Crippen molar-refractivity contribution in [2.24, 2.45) is 0 Å². The minimum absolute atomic E-state index is 0.585. The summed E-state index contributed by atoms with van der Waals surface area (Å²) in [5.74, 6) is 2.27. The van der Waals surface area contributed by atoms with Crippen molar-refractivity contribution < 1.29 is 0 Å². The van der Waals surface area contributed by atoms with Crippen LogP contribution in [0.1, 0.15) is 50.6 Å². The van der Waals surface area contributed by atoms with Crippen molar-refractivity contribution in [2.75, 3.05) is 12.4 Å². The molecule has 0 aromatic carbocycles. The molecule has 1 aliphatic rings. The van der Waals surface area contributed by atoms with E-state index in [0.717, 1.165) is 30.3 Å². The first-order chi connectivity index (χ1) is 10.3. The first kappa shape index (κ1) is 14.0. The highest BCUT2D eigenvalue weighted by Crippen LogP contribution is 2.34. The standard InChI is InChI=1S/C16H23N5/c1-3-10-21-14(8-9-18-21)16-19-13(11-15(17-2)20-16)12-6-4-5-7-12/h8-9,11-12H,3-7,10H2,1-2H3,(H,17,19,20). The second-order valence-electron chi connectivity index (χ2n) is 5.67. The average Bonchev–Trinajstić information content (AvgIpc) is 3.18. The van der Waals surface area contributed by atoms with Gasteiger partial charge in [0.05, 0.1) is 0 Å². The Labute approximate surface area is 125 Å². The summed E-state index contributed by atoms with van der Waals surface area (Å²) in [6, 6.07) is 4.10. The van der Waals surface area contributed by atoms with Crippen molar-refractivity contribution in [3.8, 4) is 11.5 Å². The van der Waals surface area contributed by atoms with E-state index in [1.165, 1.54) is 31.4 Å². The van der Waals surface area contributed by atoms with Crippen molar-refractivity contribution in [1.82, 2.24) is 19.7 Å². The van der Waals surface area contributed by atoms with Crippen LogP contribution in [0.25, 0.3) is 11.5 Å². The van der Waals surface area contributed by atoms with Crippen molar-refractivity contribution >= 4 is 5.82 Å². The molecule has 1 fully saturated rings. The monoisotopic (exact) mass is 285 g/mol. The lowest BCUT2D eigenvalue weighted by molar-refractivity contribution is 0.605. The number of nitrogens with one attached hydrogen (secondary N) is 1. The summed E-state index contributed by atoms with van der Waals surface area (Å²) in [5, 5.41) is 7.55. The molecule has 0 unspecified atom stereocenters. The van der Waals surface area contributed by atoms with Crippen LogP contribution in [0.5, 0.6) is 0 Å². The van der Waals surface area contributed by atoms with E-state index in [2.05, 4.69) is 28.4 Å². The van der Waals surface area contributed by atoms with Crippen molar-refractivity contribution in [2.45, 2.75) is 51.5 Å². The summed E-state index contributed by atoms with van der Waals surface area (Å²) in [7, 11) is 1.91. The molecule has 112 valence electrons. The molecule has 5 heteroatoms. The maximum Gasteiger partial charge on any atom is 0.180 e. The molecule has 1 N–H and O–H groups in total. The third-order valence-corrected chi connectivity index (χ3v) is 4.16. The lowest BCUT2D eigenvalue weighted by atomic mass is 10.0. The molecule has 0 bridgehead atoms. The Bertz CT molecular complexity index is 598. The lowest BCUT2D eigenvalue weighted by Gasteiger charge is -2.13. The fraction of sp³-hybridized carbons (Fsp3) is 0.562. The molecule has 0 saturated heterocycles. The van der Waals surface area contributed by atoms with E-state index in [-0.39, 0.29) is 0 Å². The maximum atomic E-state index is 4.84. The first-order valence-electron chi connectivity index (χ1n) is 7.90. The van der Waals surface area contributed by atoms with E-state index in [0.29, 0.717) is 5.92 Å². The molecule has 0 radical (unpaired) electrons. The Morgan fingerprint density at radius 1 is 1.29 bits per heavy atom. The molecule has 1 aliphatic carbocycles. The molecule has 0 spiro atoms. The zero-order chi connectivity index (χ0) is 14.7. The van der Waals surface area contributed by atoms with Crippen molar-refractivity contribution in [3.05, 3.63) is 24.0 Å². The molecule has 1 saturated carbocycles. The molecule has 5 nitrogen and oxygen atoms in total. The molecule has 0 aliphatic heterocycles. The third-order valence-electron chi connectivity index (χ3n) is 4.16. The molecule has 0 amide bonds. The minimum Gasteiger partial charge on any atom is -0.373 e. The van der Waals surface area contributed by atoms with Crippen LogP contribution in [-0.2, 0) is 6.54 Å². The van der Waals surface area contributed by atoms with E-state index in [1.807, 2.05) is 24.0 Å². The number of hydrogen-bond donors (Lipinski definition) is 1. The summed E-state index contributed by atoms with van der Waals surface area (Å²) in [6.45, 7) is 3.05. The summed E-state index contributed by atoms with van der Waals surface area (Å²) >= 11 is 0. The summed E-state index contributed by atoms with van der Waals surface area (Å²) in [5.41, 5.74) is 2.18. The maximum absolute atomic E-state index is 4.84. The smallest absolute Gasteiger partial charge is 0.180 e. The normalized spacial score (nSPS) is 15.5. The molecule has 2 aromatic heterocycles. The van der Waals surface area contributed by atoms with Gasteiger partial charge in [-0.05, 0) is 25.3 Å². The van der Waals surface area contributed by atoms with Gasteiger partial charge >= 0.3 is 0 Å². The SMILES string of the molecule is CCCn1nccc1-c1nc(NC)cc(C2CCCC2)n1. The quantitative estimate of drug-likeness (QED) is 0.914. The molecule has 3 rings (SSSR count). The van der Waals surface area contributed by atoms with Crippen LogP contribution in [0.15, 0.2) is 18.3 Å². The van der Waals surface area contributed by atoms with Gasteiger partial charge in [0.25, 0.3) is 0 Å². The predicted molar refractivity (Wildman–Crippen MR) is 84.3 cm³/mol. The Balaban J connectivity index is 2.00. The largest absolute Gasteiger partial charge is 0.373 e. The zero-order valence-corrected chi connectivity index (χ0v) is 12.8. The highest BCUT2D eigenvalue weighted by Gasteiger charge is 2.21. The van der Waals surface area contributed by atoms with Gasteiger partial charge in [0, 0.05) is 37.5 Å². The Morgan fingerprint density at radius 2 is 2.10 bits per heavy atom. The van der Waals surface area contributed by atoms with Gasteiger partial charge in [-0.15, -0.1) is 0 Å². The fourth-order valence-electron chi connectivity index (χ4n) is 3.05. The first-order valence-corrected chi connectivity index (χ1v) is 7.90. The second-order valence-corrected chi connectivity index (χ2v) is 5.67. The molecule has 2 heterocycles. The highest BCUT2D eigenvalue weighted by atomic mass is 15.3. The van der Waals surface area contributed by atoms with Gasteiger partial charge < -0.3 is 5.32 Å². The van der Waals surface area contributed by atoms with Gasteiger partial charge in [0.2, 0.25) is 0 Å². The third kappa shape index (κ3) is 2.91. The summed E-state index contributed by atoms with van der Waals surface area (Å²) < 4.78 is 1.99. The summed E-state index contributed by atoms with van der Waals surface area (Å²) in [4.78, 5) is 9.46. The van der Waals surface area contributed by atoms with Crippen molar-refractivity contribution in [3.63, 3.8) is 0 Å². The van der Waals surface area contributed by atoms with Crippen molar-refractivity contribution in [1.29, 1.82) is 0 Å². The van der Waals surface area contributed by atoms with Crippen LogP contribution in [-0.4, -0.2) is 26.8 Å². The van der Waals surface area contributed by atoms with Gasteiger partial charge in [-0.25, -0.2) is 9.97 Å². The van der Waals surface area contributed by atoms with Crippen LogP contribution in [0.2, 0.25) is 0 Å². The van der Waals surface area contributed by atoms with Gasteiger partial charge in [-0.1, -0.05) is 19.8 Å². The summed E-state index contributed by atoms with van der Waals surface area (Å²) in [6.07, 6.45) is 7.99. The number of nitrogens with zero attached hydrogens (tertiary/aromatic N) is 4. The molecule has 2 aromatic rings. The van der Waals surface area contributed by atoms with Crippen LogP contribution in [0.3, 0.4) is 0 Å². The van der Waals surface area contributed by atoms with E-state index in [9.17, 15) is 0 Å². The molecular formula is C16H23N5. The fourth-order valence-corrected chi connectivity index (χ4v) is 3.05. The van der Waals surface area contributed by atoms with Gasteiger partial charge in [-0.2, -0.15) is 5.10 Å². The second kappa shape index (κ2) is 6.24. The minimum atomic E-state index is 0.585. The molecule has 21 heavy (non-hydrogen) atoms. The Kier molecular flexibility index (Phi) is 4.18. The van der Waals surface area contributed by atoms with Crippen LogP contribution < -0.4 is 5.32 Å². The van der Waals surface area contributed by atoms with E-state index < -0.39 is 0 Å². The zero-order valence-electron chi connectivity index (χ0n) is 12.8. The number of anilines is 1. The number of hydrogen-bond acceptors (Lipinski definition) is 4. The Morgan fingerprint density at radius 3 is 2.81 bits per heavy atom. The number of rotatable bonds is 5. The van der Waals surface area contributed by atoms with E-state index in [4.69, 9.17) is 4.98 Å². The van der Waals surface area contributed by atoms with E-state index >= 15 is 0 Å². The Hall–Kier alpha value is -1.91. The lowest BCUT2D eigenvalue weighted by Crippen LogP contribution is -2.07. The molecular weight excluding hydrogens is 262 g/mol. The average molecular weight is 285 g/mol. The van der Waals surface area contributed by atoms with Crippen LogP contribution in [0.4, 0.5) is 5.82 Å². The van der Waals surface area contributed by atoms with Crippen LogP contribution in [0, 0.1) is 0 Å². The van der Waals surface area contributed by atoms with Gasteiger partial charge in [-0.3, -0.25) is 4.68 Å². The van der Waals surface area contributed by atoms with Gasteiger partial charge in [0.1, 0.15) is 11.5 Å². The topological polar surface area (TPSA) is 55.6 Å². The molecule has 0 atom stereocenters. The highest BCUT2D eigenvalue weighted by molar-refractivity contribution is 5.53. The predicted octanol–water partition coefficient (Wildman–Crippen LogP) is 3.45. The number of aryl methyl sites for hydroxylation is 1.